The van der Waals surface area contributed by atoms with Gasteiger partial charge >= 0.3 is 0 Å². The van der Waals surface area contributed by atoms with Gasteiger partial charge in [-0.25, -0.2) is 0 Å². The molecular formula is C13H13ClN2O. The van der Waals surface area contributed by atoms with Crippen molar-refractivity contribution in [2.75, 3.05) is 0 Å². The second kappa shape index (κ2) is 5.75. The summed E-state index contributed by atoms with van der Waals surface area (Å²) in [4.78, 5) is 7.85. The van der Waals surface area contributed by atoms with E-state index < -0.39 is 6.10 Å². The summed E-state index contributed by atoms with van der Waals surface area (Å²) in [6, 6.07) is 5.63. The average Bonchev–Trinajstić information content (AvgIpc) is 2.33. The zero-order valence-electron chi connectivity index (χ0n) is 9.25. The monoisotopic (exact) mass is 248 g/mol. The first-order valence-electron chi connectivity index (χ1n) is 5.41. The Bertz CT molecular complexity index is 476. The van der Waals surface area contributed by atoms with Crippen molar-refractivity contribution < 1.29 is 5.11 Å². The molecular weight excluding hydrogens is 236 g/mol. The number of aliphatic hydroxyl groups is 1. The van der Waals surface area contributed by atoms with Crippen LogP contribution in [-0.4, -0.2) is 21.2 Å². The van der Waals surface area contributed by atoms with Crippen LogP contribution in [0.5, 0.6) is 0 Å². The second-order valence-corrected chi connectivity index (χ2v) is 4.29. The molecule has 2 aromatic heterocycles. The van der Waals surface area contributed by atoms with Crippen molar-refractivity contribution in [3.63, 3.8) is 0 Å². The molecule has 4 heteroatoms. The minimum absolute atomic E-state index is 0.447. The van der Waals surface area contributed by atoms with Gasteiger partial charge in [-0.2, -0.15) is 0 Å². The van der Waals surface area contributed by atoms with Gasteiger partial charge in [0.25, 0.3) is 0 Å². The molecule has 17 heavy (non-hydrogen) atoms. The minimum Gasteiger partial charge on any atom is -0.392 e. The third-order valence-electron chi connectivity index (χ3n) is 2.53. The summed E-state index contributed by atoms with van der Waals surface area (Å²) in [5.41, 5.74) is 1.99. The molecule has 2 aromatic rings. The van der Waals surface area contributed by atoms with Gasteiger partial charge in [-0.05, 0) is 35.7 Å². The smallest absolute Gasteiger partial charge is 0.0622 e. The Kier molecular flexibility index (Phi) is 4.07. The van der Waals surface area contributed by atoms with Crippen LogP contribution < -0.4 is 0 Å². The van der Waals surface area contributed by atoms with Crippen LogP contribution in [0.15, 0.2) is 43.0 Å². The lowest BCUT2D eigenvalue weighted by Crippen LogP contribution is -2.14. The van der Waals surface area contributed by atoms with E-state index in [4.69, 9.17) is 11.6 Å². The van der Waals surface area contributed by atoms with Gasteiger partial charge in [0.05, 0.1) is 11.1 Å². The van der Waals surface area contributed by atoms with Crippen LogP contribution in [0.1, 0.15) is 11.1 Å². The third-order valence-corrected chi connectivity index (χ3v) is 2.87. The molecule has 0 fully saturated rings. The number of pyridine rings is 2. The number of aliphatic hydroxyl groups excluding tert-OH is 1. The Labute approximate surface area is 105 Å². The maximum absolute atomic E-state index is 9.98. The molecule has 0 aromatic carbocycles. The van der Waals surface area contributed by atoms with Crippen LogP contribution in [0.4, 0.5) is 0 Å². The quantitative estimate of drug-likeness (QED) is 0.903. The highest BCUT2D eigenvalue weighted by atomic mass is 35.5. The summed E-state index contributed by atoms with van der Waals surface area (Å²) in [5, 5.41) is 10.6. The molecule has 0 radical (unpaired) electrons. The number of hydrogen-bond donors (Lipinski definition) is 1. The summed E-state index contributed by atoms with van der Waals surface area (Å²) in [5.74, 6) is 0. The Hall–Kier alpha value is -1.45. The van der Waals surface area contributed by atoms with E-state index in [1.165, 1.54) is 0 Å². The Morgan fingerprint density at radius 3 is 2.47 bits per heavy atom. The number of aromatic nitrogens is 2. The predicted molar refractivity (Wildman–Crippen MR) is 66.9 cm³/mol. The van der Waals surface area contributed by atoms with Crippen LogP contribution in [0, 0.1) is 0 Å². The Morgan fingerprint density at radius 1 is 1.06 bits per heavy atom. The van der Waals surface area contributed by atoms with Gasteiger partial charge in [0.15, 0.2) is 0 Å². The van der Waals surface area contributed by atoms with Crippen molar-refractivity contribution in [3.05, 3.63) is 59.1 Å². The average molecular weight is 249 g/mol. The molecule has 0 saturated heterocycles. The summed E-state index contributed by atoms with van der Waals surface area (Å²) >= 11 is 5.99. The number of rotatable bonds is 4. The lowest BCUT2D eigenvalue weighted by molar-refractivity contribution is 0.175. The Morgan fingerprint density at radius 2 is 1.76 bits per heavy atom. The molecule has 0 bridgehead atoms. The predicted octanol–water partition coefficient (Wildman–Crippen LogP) is 2.28. The van der Waals surface area contributed by atoms with E-state index in [-0.39, 0.29) is 0 Å². The largest absolute Gasteiger partial charge is 0.392 e. The van der Waals surface area contributed by atoms with E-state index in [9.17, 15) is 5.11 Å². The van der Waals surface area contributed by atoms with Crippen LogP contribution >= 0.6 is 11.6 Å². The Balaban J connectivity index is 1.98. The first kappa shape index (κ1) is 12.0. The zero-order valence-corrected chi connectivity index (χ0v) is 10.0. The van der Waals surface area contributed by atoms with Gasteiger partial charge < -0.3 is 5.11 Å². The fraction of sp³-hybridized carbons (Fsp3) is 0.231. The van der Waals surface area contributed by atoms with Crippen LogP contribution in [0.3, 0.4) is 0 Å². The number of halogens is 1. The molecule has 2 heterocycles. The van der Waals surface area contributed by atoms with Crippen molar-refractivity contribution in [2.45, 2.75) is 18.9 Å². The van der Waals surface area contributed by atoms with E-state index in [1.807, 2.05) is 18.2 Å². The minimum atomic E-state index is -0.447. The molecule has 0 amide bonds. The van der Waals surface area contributed by atoms with Crippen molar-refractivity contribution in [3.8, 4) is 0 Å². The van der Waals surface area contributed by atoms with Crippen LogP contribution in [0.2, 0.25) is 5.02 Å². The van der Waals surface area contributed by atoms with Gasteiger partial charge in [0.2, 0.25) is 0 Å². The third kappa shape index (κ3) is 3.51. The highest BCUT2D eigenvalue weighted by molar-refractivity contribution is 6.31. The molecule has 1 atom stereocenters. The standard InChI is InChI=1S/C13H13ClN2O/c14-13-9-16-6-3-11(13)8-12(17)7-10-1-4-15-5-2-10/h1-6,9,12,17H,7-8H2. The van der Waals surface area contributed by atoms with Gasteiger partial charge in [0, 0.05) is 31.2 Å². The molecule has 0 aliphatic carbocycles. The van der Waals surface area contributed by atoms with Gasteiger partial charge in [-0.15, -0.1) is 0 Å². The highest BCUT2D eigenvalue weighted by Gasteiger charge is 2.09. The summed E-state index contributed by atoms with van der Waals surface area (Å²) < 4.78 is 0. The summed E-state index contributed by atoms with van der Waals surface area (Å²) in [7, 11) is 0. The SMILES string of the molecule is OC(Cc1ccncc1)Cc1ccncc1Cl. The molecule has 88 valence electrons. The van der Waals surface area contributed by atoms with Crippen LogP contribution in [-0.2, 0) is 12.8 Å². The fourth-order valence-corrected chi connectivity index (χ4v) is 1.88. The molecule has 1 unspecified atom stereocenters. The maximum atomic E-state index is 9.98. The molecule has 1 N–H and O–H groups in total. The van der Waals surface area contributed by atoms with Crippen molar-refractivity contribution in [2.24, 2.45) is 0 Å². The first-order valence-corrected chi connectivity index (χ1v) is 5.79. The lowest BCUT2D eigenvalue weighted by Gasteiger charge is -2.11. The van der Waals surface area contributed by atoms with Gasteiger partial charge in [-0.3, -0.25) is 9.97 Å². The van der Waals surface area contributed by atoms with E-state index in [0.717, 1.165) is 11.1 Å². The molecule has 0 aliphatic heterocycles. The van der Waals surface area contributed by atoms with Gasteiger partial charge in [-0.1, -0.05) is 11.6 Å². The molecule has 0 spiro atoms. The van der Waals surface area contributed by atoms with E-state index >= 15 is 0 Å². The molecule has 0 saturated carbocycles. The van der Waals surface area contributed by atoms with Crippen molar-refractivity contribution in [1.29, 1.82) is 0 Å². The number of nitrogens with zero attached hydrogens (tertiary/aromatic N) is 2. The molecule has 2 rings (SSSR count). The number of hydrogen-bond acceptors (Lipinski definition) is 3. The summed E-state index contributed by atoms with van der Waals surface area (Å²) in [6.45, 7) is 0. The van der Waals surface area contributed by atoms with Crippen molar-refractivity contribution >= 4 is 11.6 Å². The lowest BCUT2D eigenvalue weighted by atomic mass is 10.0. The maximum Gasteiger partial charge on any atom is 0.0622 e. The summed E-state index contributed by atoms with van der Waals surface area (Å²) in [6.07, 6.45) is 7.40. The first-order chi connectivity index (χ1) is 8.25. The highest BCUT2D eigenvalue weighted by Crippen LogP contribution is 2.16. The van der Waals surface area contributed by atoms with Crippen molar-refractivity contribution in [1.82, 2.24) is 9.97 Å². The van der Waals surface area contributed by atoms with E-state index in [0.29, 0.717) is 17.9 Å². The normalized spacial score (nSPS) is 12.4. The zero-order chi connectivity index (χ0) is 12.1. The van der Waals surface area contributed by atoms with Gasteiger partial charge in [0.1, 0.15) is 0 Å². The molecule has 3 nitrogen and oxygen atoms in total. The molecule has 0 aliphatic rings. The van der Waals surface area contributed by atoms with Crippen LogP contribution in [0.25, 0.3) is 0 Å². The fourth-order valence-electron chi connectivity index (χ4n) is 1.69. The van der Waals surface area contributed by atoms with E-state index in [1.54, 1.807) is 24.8 Å². The second-order valence-electron chi connectivity index (χ2n) is 3.88. The topological polar surface area (TPSA) is 46.0 Å². The van der Waals surface area contributed by atoms with E-state index in [2.05, 4.69) is 9.97 Å².